The molecule has 2 heterocycles. The highest BCUT2D eigenvalue weighted by molar-refractivity contribution is 7.88. The maximum atomic E-state index is 11.7. The van der Waals surface area contributed by atoms with E-state index < -0.39 is 32.3 Å². The van der Waals surface area contributed by atoms with Gasteiger partial charge in [0.1, 0.15) is 53.3 Å². The molecule has 0 bridgehead atoms. The average molecular weight is 863 g/mol. The Bertz CT molecular complexity index is 2790. The number of fused-ring (bicyclic) bond motifs is 6. The summed E-state index contributed by atoms with van der Waals surface area (Å²) in [5.41, 5.74) is 8.23. The van der Waals surface area contributed by atoms with Gasteiger partial charge in [0.05, 0.1) is 43.5 Å². The Morgan fingerprint density at radius 2 is 1.11 bits per heavy atom. The van der Waals surface area contributed by atoms with Crippen LogP contribution in [0.1, 0.15) is 52.5 Å². The van der Waals surface area contributed by atoms with Crippen molar-refractivity contribution in [2.24, 2.45) is 10.3 Å². The zero-order valence-electron chi connectivity index (χ0n) is 33.9. The van der Waals surface area contributed by atoms with Crippen molar-refractivity contribution in [3.8, 4) is 56.8 Å². The van der Waals surface area contributed by atoms with Crippen molar-refractivity contribution in [2.45, 2.75) is 30.6 Å². The lowest BCUT2D eigenvalue weighted by Crippen LogP contribution is -2.18. The second-order valence-corrected chi connectivity index (χ2v) is 17.5. The molecule has 6 aromatic rings. The zero-order chi connectivity index (χ0) is 43.3. The van der Waals surface area contributed by atoms with Gasteiger partial charge in [-0.3, -0.25) is 0 Å². The third kappa shape index (κ3) is 9.84. The van der Waals surface area contributed by atoms with E-state index in [1.165, 1.54) is 0 Å². The normalized spacial score (nSPS) is 14.8. The van der Waals surface area contributed by atoms with E-state index in [0.29, 0.717) is 53.1 Å². The fraction of sp³-hybridized carbons (Fsp3) is 0.191. The van der Waals surface area contributed by atoms with Gasteiger partial charge in [0.15, 0.2) is 0 Å². The molecule has 4 N–H and O–H groups in total. The minimum absolute atomic E-state index is 0.241. The molecule has 6 aromatic carbocycles. The van der Waals surface area contributed by atoms with Gasteiger partial charge in [0.2, 0.25) is 20.0 Å². The smallest absolute Gasteiger partial charge is 0.213 e. The molecule has 0 aromatic heterocycles. The summed E-state index contributed by atoms with van der Waals surface area (Å²) in [6, 6.07) is 37.7. The molecule has 0 radical (unpaired) electrons. The van der Waals surface area contributed by atoms with Gasteiger partial charge in [-0.15, -0.1) is 0 Å². The van der Waals surface area contributed by atoms with Crippen LogP contribution in [0.3, 0.4) is 0 Å². The quantitative estimate of drug-likeness (QED) is 0.108. The third-order valence-electron chi connectivity index (χ3n) is 10.00. The number of sulfonamides is 2. The molecule has 2 unspecified atom stereocenters. The summed E-state index contributed by atoms with van der Waals surface area (Å²) in [5.74, 6) is 3.75. The Hall–Kier alpha value is -6.32. The molecular weight excluding hydrogens is 817 g/mol. The second kappa shape index (κ2) is 18.1. The SMILES string of the molecule is C=CCOc1cccc(C2Oc3cccc(OC)c3-c3ccc(CS(N)(=O)=O)cc32)c1.CCOc1ccc(C2Oc3cccc(OC)c3-c3ccc(CS(N)(=O)=O)cc32)cc1. The molecule has 0 saturated heterocycles. The average Bonchev–Trinajstić information content (AvgIpc) is 3.24. The highest BCUT2D eigenvalue weighted by Gasteiger charge is 2.32. The van der Waals surface area contributed by atoms with Crippen LogP contribution in [0.4, 0.5) is 0 Å². The van der Waals surface area contributed by atoms with Crippen molar-refractivity contribution in [1.29, 1.82) is 0 Å². The molecule has 2 aliphatic heterocycles. The first-order valence-corrected chi connectivity index (χ1v) is 22.7. The van der Waals surface area contributed by atoms with Crippen LogP contribution in [-0.4, -0.2) is 44.3 Å². The molecule has 0 amide bonds. The Labute approximate surface area is 356 Å². The maximum absolute atomic E-state index is 11.7. The Kier molecular flexibility index (Phi) is 12.7. The van der Waals surface area contributed by atoms with Crippen LogP contribution in [0.15, 0.2) is 134 Å². The fourth-order valence-corrected chi connectivity index (χ4v) is 8.84. The van der Waals surface area contributed by atoms with Gasteiger partial charge >= 0.3 is 0 Å². The molecule has 0 aliphatic carbocycles. The monoisotopic (exact) mass is 862 g/mol. The van der Waals surface area contributed by atoms with Crippen molar-refractivity contribution < 1.29 is 45.3 Å². The Morgan fingerprint density at radius 1 is 0.607 bits per heavy atom. The first-order chi connectivity index (χ1) is 29.3. The number of nitrogens with two attached hydrogens (primary N) is 2. The second-order valence-electron chi connectivity index (χ2n) is 14.3. The number of ether oxygens (including phenoxy) is 6. The lowest BCUT2D eigenvalue weighted by Gasteiger charge is -2.30. The zero-order valence-corrected chi connectivity index (χ0v) is 35.5. The number of benzene rings is 6. The van der Waals surface area contributed by atoms with E-state index >= 15 is 0 Å². The van der Waals surface area contributed by atoms with Crippen LogP contribution < -0.4 is 38.7 Å². The summed E-state index contributed by atoms with van der Waals surface area (Å²) >= 11 is 0. The van der Waals surface area contributed by atoms with Crippen molar-refractivity contribution in [1.82, 2.24) is 0 Å². The van der Waals surface area contributed by atoms with E-state index in [1.54, 1.807) is 32.4 Å². The molecular formula is C47H46N2O10S2. The van der Waals surface area contributed by atoms with Crippen LogP contribution in [0.5, 0.6) is 34.5 Å². The molecule has 0 spiro atoms. The van der Waals surface area contributed by atoms with Gasteiger partial charge in [0, 0.05) is 16.7 Å². The third-order valence-corrected chi connectivity index (χ3v) is 11.5. The molecule has 0 fully saturated rings. The van der Waals surface area contributed by atoms with Crippen molar-refractivity contribution in [2.75, 3.05) is 27.4 Å². The van der Waals surface area contributed by atoms with Crippen LogP contribution in [0, 0.1) is 0 Å². The van der Waals surface area contributed by atoms with Crippen molar-refractivity contribution in [3.63, 3.8) is 0 Å². The van der Waals surface area contributed by atoms with Crippen molar-refractivity contribution >= 4 is 20.0 Å². The molecule has 2 atom stereocenters. The first-order valence-electron chi connectivity index (χ1n) is 19.3. The summed E-state index contributed by atoms with van der Waals surface area (Å²) in [6.07, 6.45) is 0.819. The van der Waals surface area contributed by atoms with Gasteiger partial charge in [-0.2, -0.15) is 0 Å². The largest absolute Gasteiger partial charge is 0.496 e. The first kappa shape index (κ1) is 42.8. The summed E-state index contributed by atoms with van der Waals surface area (Å²) in [6.45, 7) is 6.60. The Balaban J connectivity index is 0.000000184. The minimum atomic E-state index is -3.67. The van der Waals surface area contributed by atoms with Crippen LogP contribution in [0.2, 0.25) is 0 Å². The predicted octanol–water partition coefficient (Wildman–Crippen LogP) is 8.23. The van der Waals surface area contributed by atoms with E-state index in [2.05, 4.69) is 6.58 Å². The van der Waals surface area contributed by atoms with Gasteiger partial charge in [0.25, 0.3) is 0 Å². The lowest BCUT2D eigenvalue weighted by molar-refractivity contribution is 0.241. The molecule has 12 nitrogen and oxygen atoms in total. The number of rotatable bonds is 13. The van der Waals surface area contributed by atoms with Gasteiger partial charge in [-0.1, -0.05) is 85.5 Å². The van der Waals surface area contributed by atoms with Crippen LogP contribution >= 0.6 is 0 Å². The molecule has 0 saturated carbocycles. The standard InChI is InChI=1S/C24H23NO5S.C23H23NO5S/c1-3-12-29-18-7-4-6-17(14-18)24-20-13-16(15-31(25,26)27)10-11-19(20)23-21(28-2)8-5-9-22(23)30-24;1-3-28-17-10-8-16(9-11-17)23-19-13-15(14-30(24,25)26)7-12-18(19)22-20(27-2)5-4-6-21(22)29-23/h3-11,13-14,24H,1,12,15H2,2H3,(H2,25,26,27);4-13,23H,3,14H2,1-2H3,(H2,24,25,26). The highest BCUT2D eigenvalue weighted by Crippen LogP contribution is 2.51. The summed E-state index contributed by atoms with van der Waals surface area (Å²) in [4.78, 5) is 0. The van der Waals surface area contributed by atoms with E-state index in [0.717, 1.165) is 50.3 Å². The van der Waals surface area contributed by atoms with E-state index in [-0.39, 0.29) is 11.5 Å². The molecule has 14 heteroatoms. The van der Waals surface area contributed by atoms with Crippen LogP contribution in [-0.2, 0) is 31.6 Å². The van der Waals surface area contributed by atoms with Gasteiger partial charge in [-0.05, 0) is 83.3 Å². The molecule has 2 aliphatic rings. The topological polar surface area (TPSA) is 176 Å². The Morgan fingerprint density at radius 3 is 1.59 bits per heavy atom. The fourth-order valence-electron chi connectivity index (χ4n) is 7.55. The summed E-state index contributed by atoms with van der Waals surface area (Å²) < 4.78 is 81.7. The molecule has 61 heavy (non-hydrogen) atoms. The summed E-state index contributed by atoms with van der Waals surface area (Å²) in [7, 11) is -4.10. The molecule has 8 rings (SSSR count). The van der Waals surface area contributed by atoms with Gasteiger partial charge < -0.3 is 28.4 Å². The highest BCUT2D eigenvalue weighted by atomic mass is 32.2. The lowest BCUT2D eigenvalue weighted by atomic mass is 9.88. The maximum Gasteiger partial charge on any atom is 0.213 e. The van der Waals surface area contributed by atoms with Crippen LogP contribution in [0.25, 0.3) is 22.3 Å². The number of primary sulfonamides is 2. The van der Waals surface area contributed by atoms with Gasteiger partial charge in [-0.25, -0.2) is 27.1 Å². The van der Waals surface area contributed by atoms with E-state index in [4.69, 9.17) is 38.7 Å². The summed E-state index contributed by atoms with van der Waals surface area (Å²) in [5, 5.41) is 10.5. The molecule has 316 valence electrons. The van der Waals surface area contributed by atoms with Crippen molar-refractivity contribution in [3.05, 3.63) is 167 Å². The number of methoxy groups -OCH3 is 2. The van der Waals surface area contributed by atoms with E-state index in [1.807, 2.05) is 116 Å². The minimum Gasteiger partial charge on any atom is -0.496 e. The number of hydrogen-bond acceptors (Lipinski definition) is 10. The van der Waals surface area contributed by atoms with E-state index in [9.17, 15) is 16.8 Å². The number of hydrogen-bond donors (Lipinski definition) is 2. The predicted molar refractivity (Wildman–Crippen MR) is 235 cm³/mol.